The highest BCUT2D eigenvalue weighted by molar-refractivity contribution is 7.99. The van der Waals surface area contributed by atoms with Crippen LogP contribution in [0.15, 0.2) is 58.7 Å². The average molecular weight is 321 g/mol. The molecule has 0 aliphatic rings. The Morgan fingerprint density at radius 2 is 2.09 bits per heavy atom. The summed E-state index contributed by atoms with van der Waals surface area (Å²) in [6.07, 6.45) is 3.49. The first kappa shape index (κ1) is 15.3. The minimum absolute atomic E-state index is 0.0357. The molecule has 2 aromatic heterocycles. The Hall–Kier alpha value is -2.58. The van der Waals surface area contributed by atoms with Crippen LogP contribution in [0.5, 0.6) is 0 Å². The van der Waals surface area contributed by atoms with Crippen molar-refractivity contribution in [2.45, 2.75) is 18.6 Å². The second-order valence-electron chi connectivity index (χ2n) is 4.88. The maximum atomic E-state index is 12.8. The number of hydrogen-bond acceptors (Lipinski definition) is 4. The molecule has 1 aromatic carbocycles. The van der Waals surface area contributed by atoms with Crippen LogP contribution < -0.4 is 5.56 Å². The van der Waals surface area contributed by atoms with E-state index in [4.69, 9.17) is 0 Å². The van der Waals surface area contributed by atoms with Gasteiger partial charge in [-0.3, -0.25) is 14.3 Å². The molecule has 2 heterocycles. The first-order valence-electron chi connectivity index (χ1n) is 7.20. The van der Waals surface area contributed by atoms with Crippen molar-refractivity contribution in [2.24, 2.45) is 0 Å². The normalized spacial score (nSPS) is 10.3. The molecule has 4 nitrogen and oxygen atoms in total. The number of fused-ring (bicyclic) bond motifs is 1. The van der Waals surface area contributed by atoms with Crippen LogP contribution in [0.25, 0.3) is 10.9 Å². The highest BCUT2D eigenvalue weighted by Gasteiger charge is 2.11. The van der Waals surface area contributed by atoms with Gasteiger partial charge < -0.3 is 0 Å². The molecule has 0 saturated carbocycles. The van der Waals surface area contributed by atoms with E-state index in [1.807, 2.05) is 36.4 Å². The number of rotatable bonds is 4. The van der Waals surface area contributed by atoms with Crippen molar-refractivity contribution in [2.75, 3.05) is 5.75 Å². The topological polar surface area (TPSA) is 47.8 Å². The first-order chi connectivity index (χ1) is 11.3. The van der Waals surface area contributed by atoms with Gasteiger partial charge in [-0.1, -0.05) is 35.9 Å². The lowest BCUT2D eigenvalue weighted by molar-refractivity contribution is 0.657. The predicted octanol–water partition coefficient (Wildman–Crippen LogP) is 2.96. The van der Waals surface area contributed by atoms with Gasteiger partial charge >= 0.3 is 0 Å². The zero-order valence-corrected chi connectivity index (χ0v) is 13.5. The summed E-state index contributed by atoms with van der Waals surface area (Å²) in [5.74, 6) is 6.47. The van der Waals surface area contributed by atoms with Gasteiger partial charge in [0.2, 0.25) is 0 Å². The fourth-order valence-electron chi connectivity index (χ4n) is 2.24. The van der Waals surface area contributed by atoms with E-state index in [-0.39, 0.29) is 5.56 Å². The Labute approximate surface area is 138 Å². The molecule has 0 unspecified atom stereocenters. The number of para-hydroxylation sites is 1. The van der Waals surface area contributed by atoms with E-state index in [0.29, 0.717) is 28.4 Å². The Balaban J connectivity index is 2.11. The lowest BCUT2D eigenvalue weighted by atomic mass is 10.2. The van der Waals surface area contributed by atoms with Gasteiger partial charge in [-0.05, 0) is 30.7 Å². The van der Waals surface area contributed by atoms with E-state index in [2.05, 4.69) is 21.8 Å². The summed E-state index contributed by atoms with van der Waals surface area (Å²) in [4.78, 5) is 21.6. The van der Waals surface area contributed by atoms with E-state index >= 15 is 0 Å². The largest absolute Gasteiger partial charge is 0.283 e. The van der Waals surface area contributed by atoms with Gasteiger partial charge in [-0.25, -0.2) is 4.98 Å². The van der Waals surface area contributed by atoms with E-state index in [0.717, 1.165) is 5.56 Å². The smallest absolute Gasteiger partial charge is 0.262 e. The zero-order chi connectivity index (χ0) is 16.1. The van der Waals surface area contributed by atoms with Crippen molar-refractivity contribution in [3.63, 3.8) is 0 Å². The Morgan fingerprint density at radius 1 is 1.22 bits per heavy atom. The van der Waals surface area contributed by atoms with E-state index in [9.17, 15) is 4.79 Å². The van der Waals surface area contributed by atoms with Gasteiger partial charge in [0.15, 0.2) is 5.16 Å². The lowest BCUT2D eigenvalue weighted by Crippen LogP contribution is -2.24. The Kier molecular flexibility index (Phi) is 4.74. The summed E-state index contributed by atoms with van der Waals surface area (Å²) in [6, 6.07) is 11.2. The monoisotopic (exact) mass is 321 g/mol. The van der Waals surface area contributed by atoms with E-state index < -0.39 is 0 Å². The zero-order valence-electron chi connectivity index (χ0n) is 12.7. The van der Waals surface area contributed by atoms with Crippen LogP contribution in [0.3, 0.4) is 0 Å². The van der Waals surface area contributed by atoms with E-state index in [1.54, 1.807) is 23.9 Å². The highest BCUT2D eigenvalue weighted by Crippen LogP contribution is 2.18. The average Bonchev–Trinajstić information content (AvgIpc) is 2.59. The standard InChI is InChI=1S/C18H15N3OS/c1-2-3-11-23-18-20-16-9-5-4-8-15(16)17(22)21(18)13-14-7-6-10-19-12-14/h4-10,12H,11,13H2,1H3. The summed E-state index contributed by atoms with van der Waals surface area (Å²) in [5.41, 5.74) is 1.65. The first-order valence-corrected chi connectivity index (χ1v) is 8.19. The molecule has 114 valence electrons. The minimum atomic E-state index is -0.0357. The minimum Gasteiger partial charge on any atom is -0.283 e. The molecule has 0 aliphatic heterocycles. The van der Waals surface area contributed by atoms with Crippen molar-refractivity contribution in [3.05, 3.63) is 64.7 Å². The number of thioether (sulfide) groups is 1. The summed E-state index contributed by atoms with van der Waals surface area (Å²) in [5, 5.41) is 1.31. The van der Waals surface area contributed by atoms with E-state index in [1.165, 1.54) is 11.8 Å². The van der Waals surface area contributed by atoms with Crippen molar-refractivity contribution < 1.29 is 0 Å². The van der Waals surface area contributed by atoms with Crippen LogP contribution in [-0.4, -0.2) is 20.3 Å². The number of hydrogen-bond donors (Lipinski definition) is 0. The van der Waals surface area contributed by atoms with Gasteiger partial charge in [0.05, 0.1) is 23.2 Å². The second-order valence-corrected chi connectivity index (χ2v) is 5.82. The molecule has 3 rings (SSSR count). The van der Waals surface area contributed by atoms with Crippen molar-refractivity contribution in [1.29, 1.82) is 0 Å². The van der Waals surface area contributed by atoms with Crippen LogP contribution in [-0.2, 0) is 6.54 Å². The number of aromatic nitrogens is 3. The van der Waals surface area contributed by atoms with Crippen molar-refractivity contribution in [1.82, 2.24) is 14.5 Å². The SMILES string of the molecule is CC#CCSc1nc2ccccc2c(=O)n1Cc1cccnc1. The summed E-state index contributed by atoms with van der Waals surface area (Å²) in [6.45, 7) is 2.25. The number of benzene rings is 1. The Bertz CT molecular complexity index is 939. The molecular formula is C18H15N3OS. The molecule has 0 amide bonds. The van der Waals surface area contributed by atoms with Gasteiger partial charge in [0.25, 0.3) is 5.56 Å². The molecule has 0 aliphatic carbocycles. The van der Waals surface area contributed by atoms with Gasteiger partial charge in [-0.15, -0.1) is 5.92 Å². The fraction of sp³-hybridized carbons (Fsp3) is 0.167. The molecule has 0 saturated heterocycles. The van der Waals surface area contributed by atoms with Gasteiger partial charge in [-0.2, -0.15) is 0 Å². The maximum Gasteiger partial charge on any atom is 0.262 e. The van der Waals surface area contributed by atoms with Crippen LogP contribution in [0.4, 0.5) is 0 Å². The fourth-order valence-corrected chi connectivity index (χ4v) is 3.06. The summed E-state index contributed by atoms with van der Waals surface area (Å²) in [7, 11) is 0. The maximum absolute atomic E-state index is 12.8. The molecule has 23 heavy (non-hydrogen) atoms. The quantitative estimate of drug-likeness (QED) is 0.421. The molecule has 0 radical (unpaired) electrons. The van der Waals surface area contributed by atoms with Crippen molar-refractivity contribution in [3.8, 4) is 11.8 Å². The summed E-state index contributed by atoms with van der Waals surface area (Å²) < 4.78 is 1.70. The van der Waals surface area contributed by atoms with Crippen molar-refractivity contribution >= 4 is 22.7 Å². The highest BCUT2D eigenvalue weighted by atomic mass is 32.2. The molecule has 5 heteroatoms. The molecule has 0 fully saturated rings. The second kappa shape index (κ2) is 7.12. The molecule has 0 N–H and O–H groups in total. The number of nitrogens with zero attached hydrogens (tertiary/aromatic N) is 3. The molecule has 0 atom stereocenters. The van der Waals surface area contributed by atoms with Crippen LogP contribution in [0.1, 0.15) is 12.5 Å². The summed E-state index contributed by atoms with van der Waals surface area (Å²) >= 11 is 1.48. The molecule has 3 aromatic rings. The predicted molar refractivity (Wildman–Crippen MR) is 93.5 cm³/mol. The molecule has 0 bridgehead atoms. The van der Waals surface area contributed by atoms with Crippen LogP contribution in [0.2, 0.25) is 0 Å². The third-order valence-electron chi connectivity index (χ3n) is 3.34. The van der Waals surface area contributed by atoms with Gasteiger partial charge in [0, 0.05) is 12.4 Å². The molecule has 0 spiro atoms. The Morgan fingerprint density at radius 3 is 2.87 bits per heavy atom. The van der Waals surface area contributed by atoms with Gasteiger partial charge in [0.1, 0.15) is 0 Å². The lowest BCUT2D eigenvalue weighted by Gasteiger charge is -2.12. The third-order valence-corrected chi connectivity index (χ3v) is 4.20. The number of pyridine rings is 1. The van der Waals surface area contributed by atoms with Crippen LogP contribution in [0, 0.1) is 11.8 Å². The third kappa shape index (κ3) is 3.43. The molecular weight excluding hydrogens is 306 g/mol. The van der Waals surface area contributed by atoms with Crippen LogP contribution >= 0.6 is 11.8 Å².